The zero-order chi connectivity index (χ0) is 13.8. The zero-order valence-corrected chi connectivity index (χ0v) is 11.1. The number of piperidine rings is 1. The van der Waals surface area contributed by atoms with Gasteiger partial charge in [0.25, 0.3) is 0 Å². The highest BCUT2D eigenvalue weighted by Gasteiger charge is 2.14. The lowest BCUT2D eigenvalue weighted by Crippen LogP contribution is -2.34. The molecule has 2 N–H and O–H groups in total. The van der Waals surface area contributed by atoms with Gasteiger partial charge in [0.15, 0.2) is 11.6 Å². The van der Waals surface area contributed by atoms with Crippen LogP contribution in [-0.4, -0.2) is 34.3 Å². The van der Waals surface area contributed by atoms with Crippen molar-refractivity contribution >= 4 is 0 Å². The minimum atomic E-state index is 0.209. The number of aromatic hydroxyl groups is 1. The molecular weight excluding hydrogens is 254 g/mol. The van der Waals surface area contributed by atoms with E-state index in [1.807, 2.05) is 6.07 Å². The zero-order valence-electron chi connectivity index (χ0n) is 11.1. The predicted molar refractivity (Wildman–Crippen MR) is 75.7 cm³/mol. The SMILES string of the molecule is Oc1cccc(-c2ncc(OC3CCNCC3)cn2)c1. The first-order valence-electron chi connectivity index (χ1n) is 6.80. The molecule has 1 aromatic carbocycles. The van der Waals surface area contributed by atoms with Crippen LogP contribution in [0.5, 0.6) is 11.5 Å². The molecule has 20 heavy (non-hydrogen) atoms. The monoisotopic (exact) mass is 271 g/mol. The molecule has 2 heterocycles. The minimum Gasteiger partial charge on any atom is -0.508 e. The molecule has 0 unspecified atom stereocenters. The molecule has 0 spiro atoms. The van der Waals surface area contributed by atoms with Gasteiger partial charge in [-0.05, 0) is 38.1 Å². The van der Waals surface area contributed by atoms with Crippen LogP contribution in [0, 0.1) is 0 Å². The standard InChI is InChI=1S/C15H17N3O2/c19-12-3-1-2-11(8-12)15-17-9-14(10-18-15)20-13-4-6-16-7-5-13/h1-3,8-10,13,16,19H,4-7H2. The Morgan fingerprint density at radius 2 is 1.90 bits per heavy atom. The van der Waals surface area contributed by atoms with Crippen molar-refractivity contribution in [2.75, 3.05) is 13.1 Å². The number of benzene rings is 1. The molecule has 0 saturated carbocycles. The molecule has 2 aromatic rings. The van der Waals surface area contributed by atoms with Crippen molar-refractivity contribution in [1.29, 1.82) is 0 Å². The Morgan fingerprint density at radius 1 is 1.15 bits per heavy atom. The molecule has 5 nitrogen and oxygen atoms in total. The minimum absolute atomic E-state index is 0.209. The molecule has 3 rings (SSSR count). The lowest BCUT2D eigenvalue weighted by atomic mass is 10.1. The Bertz CT molecular complexity index is 566. The summed E-state index contributed by atoms with van der Waals surface area (Å²) in [5.41, 5.74) is 0.790. The molecule has 104 valence electrons. The van der Waals surface area contributed by atoms with Gasteiger partial charge in [-0.2, -0.15) is 0 Å². The summed E-state index contributed by atoms with van der Waals surface area (Å²) in [4.78, 5) is 8.59. The fourth-order valence-electron chi connectivity index (χ4n) is 2.28. The number of hydrogen-bond donors (Lipinski definition) is 2. The van der Waals surface area contributed by atoms with Gasteiger partial charge in [-0.25, -0.2) is 9.97 Å². The Labute approximate surface area is 117 Å². The van der Waals surface area contributed by atoms with Crippen LogP contribution in [0.1, 0.15) is 12.8 Å². The van der Waals surface area contributed by atoms with E-state index in [1.54, 1.807) is 30.6 Å². The number of phenolic OH excluding ortho intramolecular Hbond substituents is 1. The molecule has 0 amide bonds. The summed E-state index contributed by atoms with van der Waals surface area (Å²) in [6, 6.07) is 6.90. The molecule has 0 bridgehead atoms. The second kappa shape index (κ2) is 5.88. The van der Waals surface area contributed by atoms with Gasteiger partial charge < -0.3 is 15.2 Å². The van der Waals surface area contributed by atoms with Crippen molar-refractivity contribution in [3.8, 4) is 22.9 Å². The van der Waals surface area contributed by atoms with Gasteiger partial charge in [0.1, 0.15) is 11.9 Å². The topological polar surface area (TPSA) is 67.3 Å². The summed E-state index contributed by atoms with van der Waals surface area (Å²) in [6.45, 7) is 1.99. The van der Waals surface area contributed by atoms with Crippen molar-refractivity contribution in [3.05, 3.63) is 36.7 Å². The Morgan fingerprint density at radius 3 is 2.60 bits per heavy atom. The number of ether oxygens (including phenoxy) is 1. The highest BCUT2D eigenvalue weighted by Crippen LogP contribution is 2.21. The molecule has 0 aliphatic carbocycles. The summed E-state index contributed by atoms with van der Waals surface area (Å²) in [5, 5.41) is 12.8. The van der Waals surface area contributed by atoms with Gasteiger partial charge in [-0.3, -0.25) is 0 Å². The third-order valence-electron chi connectivity index (χ3n) is 3.32. The van der Waals surface area contributed by atoms with Crippen molar-refractivity contribution in [2.24, 2.45) is 0 Å². The smallest absolute Gasteiger partial charge is 0.159 e. The van der Waals surface area contributed by atoms with Crippen LogP contribution < -0.4 is 10.1 Å². The molecule has 1 saturated heterocycles. The van der Waals surface area contributed by atoms with Crippen LogP contribution >= 0.6 is 0 Å². The van der Waals surface area contributed by atoms with Gasteiger partial charge >= 0.3 is 0 Å². The summed E-state index contributed by atoms with van der Waals surface area (Å²) >= 11 is 0. The van der Waals surface area contributed by atoms with Crippen molar-refractivity contribution in [1.82, 2.24) is 15.3 Å². The van der Waals surface area contributed by atoms with Crippen LogP contribution in [0.25, 0.3) is 11.4 Å². The van der Waals surface area contributed by atoms with E-state index in [2.05, 4.69) is 15.3 Å². The second-order valence-electron chi connectivity index (χ2n) is 4.86. The first kappa shape index (κ1) is 12.9. The van der Waals surface area contributed by atoms with Crippen LogP contribution in [0.3, 0.4) is 0 Å². The maximum atomic E-state index is 9.46. The van der Waals surface area contributed by atoms with Crippen LogP contribution in [0.4, 0.5) is 0 Å². The van der Waals surface area contributed by atoms with Gasteiger partial charge in [-0.15, -0.1) is 0 Å². The number of nitrogens with zero attached hydrogens (tertiary/aromatic N) is 2. The van der Waals surface area contributed by atoms with Crippen LogP contribution in [0.15, 0.2) is 36.7 Å². The predicted octanol–water partition coefficient (Wildman–Crippen LogP) is 1.98. The number of nitrogens with one attached hydrogen (secondary N) is 1. The van der Waals surface area contributed by atoms with Crippen molar-refractivity contribution < 1.29 is 9.84 Å². The van der Waals surface area contributed by atoms with E-state index in [0.29, 0.717) is 11.6 Å². The summed E-state index contributed by atoms with van der Waals surface area (Å²) < 4.78 is 5.86. The second-order valence-corrected chi connectivity index (χ2v) is 4.86. The molecule has 0 atom stereocenters. The fraction of sp³-hybridized carbons (Fsp3) is 0.333. The molecule has 1 aliphatic heterocycles. The van der Waals surface area contributed by atoms with E-state index < -0.39 is 0 Å². The molecule has 1 fully saturated rings. The van der Waals surface area contributed by atoms with E-state index in [-0.39, 0.29) is 11.9 Å². The lowest BCUT2D eigenvalue weighted by molar-refractivity contribution is 0.161. The first-order valence-corrected chi connectivity index (χ1v) is 6.80. The summed E-state index contributed by atoms with van der Waals surface area (Å²) in [7, 11) is 0. The molecule has 0 radical (unpaired) electrons. The molecule has 1 aliphatic rings. The number of hydrogen-bond acceptors (Lipinski definition) is 5. The highest BCUT2D eigenvalue weighted by atomic mass is 16.5. The fourth-order valence-corrected chi connectivity index (χ4v) is 2.28. The van der Waals surface area contributed by atoms with E-state index in [0.717, 1.165) is 31.5 Å². The summed E-state index contributed by atoms with van der Waals surface area (Å²) in [6.07, 6.45) is 5.64. The van der Waals surface area contributed by atoms with Gasteiger partial charge in [0.05, 0.1) is 12.4 Å². The molecular formula is C15H17N3O2. The van der Waals surface area contributed by atoms with E-state index in [9.17, 15) is 5.11 Å². The van der Waals surface area contributed by atoms with Crippen molar-refractivity contribution in [2.45, 2.75) is 18.9 Å². The third kappa shape index (κ3) is 3.05. The maximum Gasteiger partial charge on any atom is 0.159 e. The number of phenols is 1. The van der Waals surface area contributed by atoms with E-state index in [4.69, 9.17) is 4.74 Å². The Balaban J connectivity index is 1.71. The lowest BCUT2D eigenvalue weighted by Gasteiger charge is -2.23. The maximum absolute atomic E-state index is 9.46. The molecule has 1 aromatic heterocycles. The molecule has 5 heteroatoms. The normalized spacial score (nSPS) is 16.0. The average Bonchev–Trinajstić information content (AvgIpc) is 2.49. The largest absolute Gasteiger partial charge is 0.508 e. The highest BCUT2D eigenvalue weighted by molar-refractivity contribution is 5.57. The van der Waals surface area contributed by atoms with Crippen molar-refractivity contribution in [3.63, 3.8) is 0 Å². The quantitative estimate of drug-likeness (QED) is 0.893. The van der Waals surface area contributed by atoms with Gasteiger partial charge in [0.2, 0.25) is 0 Å². The summed E-state index contributed by atoms with van der Waals surface area (Å²) in [5.74, 6) is 1.49. The first-order chi connectivity index (χ1) is 9.81. The number of aromatic nitrogens is 2. The Hall–Kier alpha value is -2.14. The van der Waals surface area contributed by atoms with Crippen LogP contribution in [0.2, 0.25) is 0 Å². The van der Waals surface area contributed by atoms with Gasteiger partial charge in [-0.1, -0.05) is 12.1 Å². The number of rotatable bonds is 3. The van der Waals surface area contributed by atoms with E-state index >= 15 is 0 Å². The van der Waals surface area contributed by atoms with Crippen LogP contribution in [-0.2, 0) is 0 Å². The average molecular weight is 271 g/mol. The Kier molecular flexibility index (Phi) is 3.78. The van der Waals surface area contributed by atoms with Gasteiger partial charge in [0, 0.05) is 5.56 Å². The van der Waals surface area contributed by atoms with E-state index in [1.165, 1.54) is 0 Å². The third-order valence-corrected chi connectivity index (χ3v) is 3.32.